The van der Waals surface area contributed by atoms with Gasteiger partial charge in [-0.25, -0.2) is 13.5 Å². The fourth-order valence-corrected chi connectivity index (χ4v) is 3.97. The summed E-state index contributed by atoms with van der Waals surface area (Å²) in [7, 11) is 5.15. The van der Waals surface area contributed by atoms with Gasteiger partial charge in [0.05, 0.1) is 26.6 Å². The van der Waals surface area contributed by atoms with Gasteiger partial charge in [0.15, 0.2) is 17.3 Å². The van der Waals surface area contributed by atoms with Crippen molar-refractivity contribution in [3.8, 4) is 28.6 Å². The summed E-state index contributed by atoms with van der Waals surface area (Å²) in [5, 5.41) is 4.72. The molecule has 4 rings (SSSR count). The maximum Gasteiger partial charge on any atom is 0.204 e. The molecule has 0 radical (unpaired) electrons. The lowest BCUT2D eigenvalue weighted by Crippen LogP contribution is -2.22. The van der Waals surface area contributed by atoms with Gasteiger partial charge in [0.1, 0.15) is 11.6 Å². The average Bonchev–Trinajstić information content (AvgIpc) is 3.15. The van der Waals surface area contributed by atoms with E-state index in [0.717, 1.165) is 5.56 Å². The number of nitrogens with zero attached hydrogens (tertiary/aromatic N) is 4. The lowest BCUT2D eigenvalue weighted by molar-refractivity contribution is 0.243. The molecule has 0 aliphatic carbocycles. The monoisotopic (exact) mass is 482 g/mol. The normalized spacial score (nSPS) is 11.1. The average molecular weight is 483 g/mol. The van der Waals surface area contributed by atoms with Crippen LogP contribution in [-0.2, 0) is 13.2 Å². The van der Waals surface area contributed by atoms with Gasteiger partial charge in [-0.1, -0.05) is 6.07 Å². The van der Waals surface area contributed by atoms with Gasteiger partial charge >= 0.3 is 0 Å². The predicted octanol–water partition coefficient (Wildman–Crippen LogP) is 5.46. The third-order valence-corrected chi connectivity index (χ3v) is 5.70. The minimum Gasteiger partial charge on any atom is -0.493 e. The smallest absolute Gasteiger partial charge is 0.204 e. The summed E-state index contributed by atoms with van der Waals surface area (Å²) in [4.78, 5) is 2.05. The molecule has 9 heteroatoms. The van der Waals surface area contributed by atoms with Crippen molar-refractivity contribution in [3.05, 3.63) is 88.7 Å². The fourth-order valence-electron chi connectivity index (χ4n) is 3.68. The fraction of sp³-hybridized carbons (Fsp3) is 0.200. The standard InChI is InChI=1S/C25H24F2N4O2S/c1-29(15-17-4-13-22(32-2)23(14-17)33-3)16-30-25(34)31(21-11-9-20(27)10-12-21)24(28-30)18-5-7-19(26)8-6-18/h4-14H,15-16H2,1-3H3. The molecule has 0 amide bonds. The molecule has 0 atom stereocenters. The summed E-state index contributed by atoms with van der Waals surface area (Å²) < 4.78 is 41.6. The van der Waals surface area contributed by atoms with Crippen LogP contribution < -0.4 is 9.47 Å². The van der Waals surface area contributed by atoms with Crippen LogP contribution in [0.15, 0.2) is 66.7 Å². The Kier molecular flexibility index (Phi) is 7.04. The van der Waals surface area contributed by atoms with Crippen LogP contribution in [0.2, 0.25) is 0 Å². The molecule has 0 N–H and O–H groups in total. The molecule has 0 saturated carbocycles. The third kappa shape index (κ3) is 5.00. The molecule has 3 aromatic carbocycles. The van der Waals surface area contributed by atoms with Gasteiger partial charge in [-0.15, -0.1) is 5.10 Å². The van der Waals surface area contributed by atoms with E-state index in [-0.39, 0.29) is 11.6 Å². The van der Waals surface area contributed by atoms with Crippen LogP contribution >= 0.6 is 12.2 Å². The Labute approximate surface area is 201 Å². The van der Waals surface area contributed by atoms with Crippen LogP contribution in [0.25, 0.3) is 17.1 Å². The third-order valence-electron chi connectivity index (χ3n) is 5.30. The van der Waals surface area contributed by atoms with E-state index in [1.165, 1.54) is 24.3 Å². The van der Waals surface area contributed by atoms with Gasteiger partial charge in [0.25, 0.3) is 0 Å². The number of halogens is 2. The zero-order chi connectivity index (χ0) is 24.2. The second-order valence-corrected chi connectivity index (χ2v) is 8.13. The Hall–Kier alpha value is -3.56. The van der Waals surface area contributed by atoms with Gasteiger partial charge < -0.3 is 9.47 Å². The Morgan fingerprint density at radius 2 is 1.50 bits per heavy atom. The Morgan fingerprint density at radius 1 is 0.882 bits per heavy atom. The Balaban J connectivity index is 1.67. The first-order valence-electron chi connectivity index (χ1n) is 10.5. The summed E-state index contributed by atoms with van der Waals surface area (Å²) in [5.41, 5.74) is 2.39. The quantitative estimate of drug-likeness (QED) is 0.312. The van der Waals surface area contributed by atoms with Crippen LogP contribution in [0, 0.1) is 16.4 Å². The van der Waals surface area contributed by atoms with Crippen LogP contribution in [0.4, 0.5) is 8.78 Å². The number of rotatable bonds is 8. The van der Waals surface area contributed by atoms with Gasteiger partial charge in [-0.2, -0.15) is 0 Å². The summed E-state index contributed by atoms with van der Waals surface area (Å²) in [6.07, 6.45) is 0. The summed E-state index contributed by atoms with van der Waals surface area (Å²) in [6, 6.07) is 17.8. The first-order chi connectivity index (χ1) is 16.4. The number of hydrogen-bond acceptors (Lipinski definition) is 5. The maximum absolute atomic E-state index is 13.5. The number of benzene rings is 3. The van der Waals surface area contributed by atoms with E-state index in [1.54, 1.807) is 47.7 Å². The molecule has 0 spiro atoms. The number of aromatic nitrogens is 3. The lowest BCUT2D eigenvalue weighted by Gasteiger charge is -2.17. The summed E-state index contributed by atoms with van der Waals surface area (Å²) >= 11 is 5.74. The molecule has 176 valence electrons. The highest BCUT2D eigenvalue weighted by Crippen LogP contribution is 2.28. The Morgan fingerprint density at radius 3 is 2.12 bits per heavy atom. The predicted molar refractivity (Wildman–Crippen MR) is 129 cm³/mol. The van der Waals surface area contributed by atoms with Crippen LogP contribution in [0.3, 0.4) is 0 Å². The van der Waals surface area contributed by atoms with Crippen molar-refractivity contribution < 1.29 is 18.3 Å². The zero-order valence-electron chi connectivity index (χ0n) is 19.0. The molecule has 1 heterocycles. The minimum atomic E-state index is -0.347. The molecule has 0 saturated heterocycles. The van der Waals surface area contributed by atoms with Crippen molar-refractivity contribution in [1.29, 1.82) is 0 Å². The van der Waals surface area contributed by atoms with E-state index in [4.69, 9.17) is 26.8 Å². The zero-order valence-corrected chi connectivity index (χ0v) is 19.9. The SMILES string of the molecule is COc1ccc(CN(C)Cn2nc(-c3ccc(F)cc3)n(-c3ccc(F)cc3)c2=S)cc1OC. The highest BCUT2D eigenvalue weighted by atomic mass is 32.1. The largest absolute Gasteiger partial charge is 0.493 e. The molecule has 0 fully saturated rings. The van der Waals surface area contributed by atoms with Gasteiger partial charge in [-0.05, 0) is 85.5 Å². The second kappa shape index (κ2) is 10.1. The Bertz CT molecular complexity index is 1330. The van der Waals surface area contributed by atoms with E-state index < -0.39 is 0 Å². The summed E-state index contributed by atoms with van der Waals surface area (Å²) in [6.45, 7) is 1.01. The molecule has 1 aromatic heterocycles. The van der Waals surface area contributed by atoms with Crippen molar-refractivity contribution in [2.75, 3.05) is 21.3 Å². The second-order valence-electron chi connectivity index (χ2n) is 7.77. The summed E-state index contributed by atoms with van der Waals surface area (Å²) in [5.74, 6) is 1.17. The van der Waals surface area contributed by atoms with Crippen LogP contribution in [0.1, 0.15) is 5.56 Å². The van der Waals surface area contributed by atoms with E-state index in [0.29, 0.717) is 46.6 Å². The molecular weight excluding hydrogens is 458 g/mol. The number of ether oxygens (including phenoxy) is 2. The van der Waals surface area contributed by atoms with Crippen LogP contribution in [-0.4, -0.2) is 40.5 Å². The first-order valence-corrected chi connectivity index (χ1v) is 10.9. The molecule has 6 nitrogen and oxygen atoms in total. The van der Waals surface area contributed by atoms with Gasteiger partial charge in [-0.3, -0.25) is 9.47 Å². The minimum absolute atomic E-state index is 0.343. The number of methoxy groups -OCH3 is 2. The molecule has 0 aliphatic heterocycles. The van der Waals surface area contributed by atoms with Gasteiger partial charge in [0.2, 0.25) is 4.77 Å². The molecule has 0 unspecified atom stereocenters. The molecule has 34 heavy (non-hydrogen) atoms. The van der Waals surface area contributed by atoms with E-state index >= 15 is 0 Å². The highest BCUT2D eigenvalue weighted by Gasteiger charge is 2.16. The molecule has 0 aliphatic rings. The highest BCUT2D eigenvalue weighted by molar-refractivity contribution is 7.71. The first kappa shape index (κ1) is 23.6. The van der Waals surface area contributed by atoms with Crippen molar-refractivity contribution in [2.45, 2.75) is 13.2 Å². The maximum atomic E-state index is 13.5. The van der Waals surface area contributed by atoms with Crippen molar-refractivity contribution in [3.63, 3.8) is 0 Å². The lowest BCUT2D eigenvalue weighted by atomic mass is 10.2. The van der Waals surface area contributed by atoms with Crippen LogP contribution in [0.5, 0.6) is 11.5 Å². The van der Waals surface area contributed by atoms with Gasteiger partial charge in [0, 0.05) is 12.1 Å². The van der Waals surface area contributed by atoms with E-state index in [1.807, 2.05) is 30.1 Å². The molecule has 0 bridgehead atoms. The van der Waals surface area contributed by atoms with Crippen molar-refractivity contribution in [1.82, 2.24) is 19.2 Å². The topological polar surface area (TPSA) is 44.5 Å². The van der Waals surface area contributed by atoms with Crippen molar-refractivity contribution in [2.24, 2.45) is 0 Å². The molecular formula is C25H24F2N4O2S. The number of hydrogen-bond donors (Lipinski definition) is 0. The van der Waals surface area contributed by atoms with Crippen molar-refractivity contribution >= 4 is 12.2 Å². The van der Waals surface area contributed by atoms with E-state index in [2.05, 4.69) is 0 Å². The molecule has 4 aromatic rings. The van der Waals surface area contributed by atoms with E-state index in [9.17, 15) is 8.78 Å².